The maximum Gasteiger partial charge on any atom is 0.170 e. The quantitative estimate of drug-likeness (QED) is 0.329. The van der Waals surface area contributed by atoms with Crippen molar-refractivity contribution < 1.29 is 4.74 Å². The summed E-state index contributed by atoms with van der Waals surface area (Å²) in [5.74, 6) is 0. The Kier molecular flexibility index (Phi) is 7.93. The molecule has 0 aliphatic carbocycles. The van der Waals surface area contributed by atoms with E-state index in [1.54, 1.807) is 7.11 Å². The molecular formula is C23H37BrNOP. The van der Waals surface area contributed by atoms with Gasteiger partial charge in [0.1, 0.15) is 0 Å². The van der Waals surface area contributed by atoms with Crippen LogP contribution in [0.25, 0.3) is 0 Å². The van der Waals surface area contributed by atoms with Crippen LogP contribution in [0, 0.1) is 0 Å². The summed E-state index contributed by atoms with van der Waals surface area (Å²) in [5, 5.41) is 1.15. The van der Waals surface area contributed by atoms with E-state index in [0.717, 1.165) is 30.5 Å². The lowest BCUT2D eigenvalue weighted by molar-refractivity contribution is 0.325. The van der Waals surface area contributed by atoms with Crippen LogP contribution in [0.15, 0.2) is 26.9 Å². The van der Waals surface area contributed by atoms with Gasteiger partial charge in [-0.15, -0.1) is 0 Å². The molecule has 0 amide bonds. The molecule has 0 aliphatic heterocycles. The Labute approximate surface area is 177 Å². The molecule has 0 saturated heterocycles. The fraction of sp³-hybridized carbons (Fsp3) is 0.652. The van der Waals surface area contributed by atoms with E-state index >= 15 is 0 Å². The number of ether oxygens (including phenoxy) is 1. The van der Waals surface area contributed by atoms with Crippen molar-refractivity contribution in [3.8, 4) is 0 Å². The molecule has 0 spiro atoms. The zero-order valence-electron chi connectivity index (χ0n) is 19.0. The second-order valence-corrected chi connectivity index (χ2v) is 11.8. The molecule has 0 N–H and O–H groups in total. The van der Waals surface area contributed by atoms with Gasteiger partial charge in [-0.1, -0.05) is 81.4 Å². The summed E-state index contributed by atoms with van der Waals surface area (Å²) < 4.78 is 11.3. The predicted octanol–water partition coefficient (Wildman–Crippen LogP) is 8.96. The SMILES string of the molecule is CC/C(P=Nc1c(C(C)(C)C)cc(C(C)(C)C)cc1C(C)(C)C)=C(/Br)OC. The van der Waals surface area contributed by atoms with Gasteiger partial charge in [0.25, 0.3) is 0 Å². The van der Waals surface area contributed by atoms with E-state index in [1.807, 2.05) is 0 Å². The van der Waals surface area contributed by atoms with Crippen LogP contribution >= 0.6 is 24.3 Å². The smallest absolute Gasteiger partial charge is 0.170 e. The van der Waals surface area contributed by atoms with E-state index < -0.39 is 0 Å². The Morgan fingerprint density at radius 2 is 1.37 bits per heavy atom. The topological polar surface area (TPSA) is 21.6 Å². The van der Waals surface area contributed by atoms with Crippen LogP contribution in [-0.4, -0.2) is 7.11 Å². The third kappa shape index (κ3) is 6.43. The highest BCUT2D eigenvalue weighted by Gasteiger charge is 2.29. The fourth-order valence-corrected chi connectivity index (χ4v) is 4.06. The molecule has 0 aromatic heterocycles. The molecule has 0 radical (unpaired) electrons. The summed E-state index contributed by atoms with van der Waals surface area (Å²) in [6.07, 6.45) is 0.898. The zero-order valence-corrected chi connectivity index (χ0v) is 21.5. The highest BCUT2D eigenvalue weighted by molar-refractivity contribution is 9.11. The summed E-state index contributed by atoms with van der Waals surface area (Å²) in [4.78, 5) is 0. The number of benzene rings is 1. The molecule has 27 heavy (non-hydrogen) atoms. The Balaban J connectivity index is 3.85. The van der Waals surface area contributed by atoms with Gasteiger partial charge in [0.15, 0.2) is 4.67 Å². The van der Waals surface area contributed by atoms with Crippen LogP contribution in [0.1, 0.15) is 92.3 Å². The van der Waals surface area contributed by atoms with Gasteiger partial charge in [-0.25, -0.2) is 4.74 Å². The van der Waals surface area contributed by atoms with Crippen LogP contribution in [0.5, 0.6) is 0 Å². The molecule has 0 unspecified atom stereocenters. The number of halogens is 1. The molecule has 0 aliphatic rings. The van der Waals surface area contributed by atoms with E-state index in [-0.39, 0.29) is 16.2 Å². The number of allylic oxidation sites excluding steroid dienone is 1. The molecule has 0 fully saturated rings. The second kappa shape index (κ2) is 8.78. The van der Waals surface area contributed by atoms with Gasteiger partial charge < -0.3 is 4.74 Å². The maximum atomic E-state index is 5.38. The third-order valence-corrected chi connectivity index (χ3v) is 6.77. The number of hydrogen-bond acceptors (Lipinski definition) is 2. The summed E-state index contributed by atoms with van der Waals surface area (Å²) in [6.45, 7) is 22.6. The summed E-state index contributed by atoms with van der Waals surface area (Å²) in [5.41, 5.74) is 5.27. The first kappa shape index (κ1) is 24.4. The van der Waals surface area contributed by atoms with Crippen molar-refractivity contribution in [3.05, 3.63) is 38.8 Å². The average molecular weight is 454 g/mol. The van der Waals surface area contributed by atoms with Crippen LogP contribution in [-0.2, 0) is 21.0 Å². The van der Waals surface area contributed by atoms with Crippen LogP contribution < -0.4 is 0 Å². The Morgan fingerprint density at radius 3 is 1.67 bits per heavy atom. The minimum absolute atomic E-state index is 0.0180. The monoisotopic (exact) mass is 453 g/mol. The van der Waals surface area contributed by atoms with Gasteiger partial charge in [0.2, 0.25) is 0 Å². The summed E-state index contributed by atoms with van der Waals surface area (Å²) >= 11 is 3.52. The van der Waals surface area contributed by atoms with Crippen molar-refractivity contribution in [3.63, 3.8) is 0 Å². The highest BCUT2D eigenvalue weighted by Crippen LogP contribution is 2.45. The first-order chi connectivity index (χ1) is 12.1. The van der Waals surface area contributed by atoms with Crippen molar-refractivity contribution >= 4 is 30.0 Å². The Hall–Kier alpha value is -0.660. The Morgan fingerprint density at radius 1 is 0.926 bits per heavy atom. The standard InChI is InChI=1S/C23H37BrNOP/c1-12-18(20(24)26-11)27-25-19-16(22(5,6)7)13-15(21(2,3)4)14-17(19)23(8,9)10/h13-14H,12H2,1-11H3/b20-18+. The predicted molar refractivity (Wildman–Crippen MR) is 125 cm³/mol. The van der Waals surface area contributed by atoms with Gasteiger partial charge in [-0.05, 0) is 55.3 Å². The Bertz CT molecular complexity index is 693. The van der Waals surface area contributed by atoms with Crippen LogP contribution in [0.2, 0.25) is 0 Å². The van der Waals surface area contributed by atoms with Gasteiger partial charge in [0.05, 0.1) is 12.8 Å². The molecule has 152 valence electrons. The van der Waals surface area contributed by atoms with E-state index in [2.05, 4.69) is 97.3 Å². The van der Waals surface area contributed by atoms with Gasteiger partial charge in [-0.3, -0.25) is 0 Å². The lowest BCUT2D eigenvalue weighted by atomic mass is 9.74. The van der Waals surface area contributed by atoms with E-state index in [1.165, 1.54) is 16.7 Å². The van der Waals surface area contributed by atoms with E-state index in [9.17, 15) is 0 Å². The average Bonchev–Trinajstić information content (AvgIpc) is 2.51. The third-order valence-electron chi connectivity index (χ3n) is 4.60. The molecule has 0 saturated carbocycles. The first-order valence-corrected chi connectivity index (χ1v) is 11.3. The molecule has 1 rings (SSSR count). The highest BCUT2D eigenvalue weighted by atomic mass is 79.9. The van der Waals surface area contributed by atoms with Crippen molar-refractivity contribution in [2.75, 3.05) is 7.11 Å². The zero-order chi connectivity index (χ0) is 21.2. The van der Waals surface area contributed by atoms with Crippen LogP contribution in [0.3, 0.4) is 0 Å². The molecular weight excluding hydrogens is 417 g/mol. The maximum absolute atomic E-state index is 5.38. The molecule has 0 atom stereocenters. The van der Waals surface area contributed by atoms with Crippen molar-refractivity contribution in [2.24, 2.45) is 4.74 Å². The summed E-state index contributed by atoms with van der Waals surface area (Å²) in [7, 11) is 2.62. The molecule has 4 heteroatoms. The normalized spacial score (nSPS) is 14.5. The van der Waals surface area contributed by atoms with E-state index in [4.69, 9.17) is 9.48 Å². The van der Waals surface area contributed by atoms with Crippen LogP contribution in [0.4, 0.5) is 5.69 Å². The number of methoxy groups -OCH3 is 1. The fourth-order valence-electron chi connectivity index (χ4n) is 2.80. The van der Waals surface area contributed by atoms with Gasteiger partial charge >= 0.3 is 0 Å². The number of hydrogen-bond donors (Lipinski definition) is 0. The van der Waals surface area contributed by atoms with Crippen molar-refractivity contribution in [2.45, 2.75) is 91.9 Å². The number of nitrogens with zero attached hydrogens (tertiary/aromatic N) is 1. The largest absolute Gasteiger partial charge is 0.489 e. The van der Waals surface area contributed by atoms with Gasteiger partial charge in [0, 0.05) is 13.7 Å². The van der Waals surface area contributed by atoms with Gasteiger partial charge in [-0.2, -0.15) is 0 Å². The molecule has 0 bridgehead atoms. The summed E-state index contributed by atoms with van der Waals surface area (Å²) in [6, 6.07) is 4.73. The minimum Gasteiger partial charge on any atom is -0.489 e. The second-order valence-electron chi connectivity index (χ2n) is 10.1. The molecule has 1 aromatic rings. The van der Waals surface area contributed by atoms with Crippen molar-refractivity contribution in [1.82, 2.24) is 0 Å². The van der Waals surface area contributed by atoms with E-state index in [0.29, 0.717) is 0 Å². The minimum atomic E-state index is 0.0180. The lowest BCUT2D eigenvalue weighted by Crippen LogP contribution is -2.21. The van der Waals surface area contributed by atoms with Crippen molar-refractivity contribution in [1.29, 1.82) is 0 Å². The molecule has 1 aromatic carbocycles. The lowest BCUT2D eigenvalue weighted by Gasteiger charge is -2.32. The first-order valence-electron chi connectivity index (χ1n) is 9.66. The molecule has 2 nitrogen and oxygen atoms in total. The molecule has 0 heterocycles. The number of rotatable bonds is 4.